The van der Waals surface area contributed by atoms with Gasteiger partial charge in [-0.1, -0.05) is 30.3 Å². The van der Waals surface area contributed by atoms with Crippen LogP contribution in [0, 0.1) is 0 Å². The van der Waals surface area contributed by atoms with Crippen molar-refractivity contribution >= 4 is 17.3 Å². The Morgan fingerprint density at radius 1 is 1.00 bits per heavy atom. The highest BCUT2D eigenvalue weighted by molar-refractivity contribution is 5.77. The third kappa shape index (κ3) is 4.73. The molecule has 5 heteroatoms. The third-order valence-electron chi connectivity index (χ3n) is 5.16. The Hall–Kier alpha value is -2.69. The van der Waals surface area contributed by atoms with Crippen molar-refractivity contribution in [3.05, 3.63) is 54.6 Å². The SMILES string of the molecule is CCN(CCC(=O)N1CCN(c2ccccc2OC)CC1)c1ccccc1. The van der Waals surface area contributed by atoms with Crippen molar-refractivity contribution in [2.24, 2.45) is 0 Å². The van der Waals surface area contributed by atoms with Crippen LogP contribution in [0.1, 0.15) is 13.3 Å². The van der Waals surface area contributed by atoms with Crippen LogP contribution in [0.3, 0.4) is 0 Å². The van der Waals surface area contributed by atoms with Gasteiger partial charge in [0.05, 0.1) is 12.8 Å². The van der Waals surface area contributed by atoms with Crippen molar-refractivity contribution < 1.29 is 9.53 Å². The first-order chi connectivity index (χ1) is 13.2. The van der Waals surface area contributed by atoms with Gasteiger partial charge in [0.1, 0.15) is 5.75 Å². The number of carbonyl (C=O) groups excluding carboxylic acids is 1. The van der Waals surface area contributed by atoms with Gasteiger partial charge in [-0.25, -0.2) is 0 Å². The summed E-state index contributed by atoms with van der Waals surface area (Å²) in [5.41, 5.74) is 2.28. The number of hydrogen-bond donors (Lipinski definition) is 0. The molecule has 144 valence electrons. The molecule has 0 N–H and O–H groups in total. The second-order valence-electron chi connectivity index (χ2n) is 6.70. The molecule has 27 heavy (non-hydrogen) atoms. The summed E-state index contributed by atoms with van der Waals surface area (Å²) < 4.78 is 5.46. The number of para-hydroxylation sites is 3. The maximum atomic E-state index is 12.7. The molecule has 0 saturated carbocycles. The first-order valence-electron chi connectivity index (χ1n) is 9.68. The summed E-state index contributed by atoms with van der Waals surface area (Å²) in [6.07, 6.45) is 0.553. The van der Waals surface area contributed by atoms with Gasteiger partial charge in [0, 0.05) is 51.4 Å². The Morgan fingerprint density at radius 2 is 1.67 bits per heavy atom. The standard InChI is InChI=1S/C22H29N3O2/c1-3-23(19-9-5-4-6-10-19)14-13-22(26)25-17-15-24(16-18-25)20-11-7-8-12-21(20)27-2/h4-12H,3,13-18H2,1-2H3. The number of carbonyl (C=O) groups is 1. The Morgan fingerprint density at radius 3 is 2.33 bits per heavy atom. The van der Waals surface area contributed by atoms with E-state index in [1.807, 2.05) is 41.3 Å². The van der Waals surface area contributed by atoms with Crippen LogP contribution in [0.4, 0.5) is 11.4 Å². The second-order valence-corrected chi connectivity index (χ2v) is 6.70. The van der Waals surface area contributed by atoms with Gasteiger partial charge in [-0.05, 0) is 31.2 Å². The van der Waals surface area contributed by atoms with E-state index in [-0.39, 0.29) is 5.91 Å². The molecule has 0 aromatic heterocycles. The van der Waals surface area contributed by atoms with Gasteiger partial charge in [0.2, 0.25) is 5.91 Å². The lowest BCUT2D eigenvalue weighted by atomic mass is 10.2. The fraction of sp³-hybridized carbons (Fsp3) is 0.409. The molecule has 2 aromatic rings. The first-order valence-corrected chi connectivity index (χ1v) is 9.68. The average Bonchev–Trinajstić information content (AvgIpc) is 2.75. The molecule has 5 nitrogen and oxygen atoms in total. The summed E-state index contributed by atoms with van der Waals surface area (Å²) in [6.45, 7) is 6.97. The molecule has 0 aliphatic carbocycles. The Labute approximate surface area is 162 Å². The number of amides is 1. The molecule has 1 aliphatic rings. The lowest BCUT2D eigenvalue weighted by molar-refractivity contribution is -0.131. The highest BCUT2D eigenvalue weighted by Crippen LogP contribution is 2.28. The van der Waals surface area contributed by atoms with Crippen molar-refractivity contribution in [1.82, 2.24) is 4.90 Å². The van der Waals surface area contributed by atoms with Crippen LogP contribution in [-0.4, -0.2) is 57.2 Å². The lowest BCUT2D eigenvalue weighted by Gasteiger charge is -2.37. The molecule has 0 unspecified atom stereocenters. The molecule has 3 rings (SSSR count). The van der Waals surface area contributed by atoms with Gasteiger partial charge in [0.25, 0.3) is 0 Å². The largest absolute Gasteiger partial charge is 0.495 e. The van der Waals surface area contributed by atoms with Crippen molar-refractivity contribution in [3.63, 3.8) is 0 Å². The summed E-state index contributed by atoms with van der Waals surface area (Å²) in [6, 6.07) is 18.4. The van der Waals surface area contributed by atoms with Crippen LogP contribution in [0.5, 0.6) is 5.75 Å². The van der Waals surface area contributed by atoms with E-state index in [0.29, 0.717) is 6.42 Å². The predicted octanol–water partition coefficient (Wildman–Crippen LogP) is 3.26. The van der Waals surface area contributed by atoms with Crippen LogP contribution < -0.4 is 14.5 Å². The number of benzene rings is 2. The topological polar surface area (TPSA) is 36.0 Å². The second kappa shape index (κ2) is 9.31. The zero-order valence-corrected chi connectivity index (χ0v) is 16.3. The smallest absolute Gasteiger partial charge is 0.224 e. The minimum absolute atomic E-state index is 0.240. The predicted molar refractivity (Wildman–Crippen MR) is 111 cm³/mol. The van der Waals surface area contributed by atoms with Gasteiger partial charge in [0.15, 0.2) is 0 Å². The maximum Gasteiger partial charge on any atom is 0.224 e. The normalized spacial score (nSPS) is 14.1. The minimum atomic E-state index is 0.240. The molecule has 0 atom stereocenters. The molecular formula is C22H29N3O2. The number of nitrogens with zero attached hydrogens (tertiary/aromatic N) is 3. The Balaban J connectivity index is 1.51. The molecule has 1 fully saturated rings. The van der Waals surface area contributed by atoms with Crippen LogP contribution >= 0.6 is 0 Å². The molecule has 1 heterocycles. The number of ether oxygens (including phenoxy) is 1. The fourth-order valence-corrected chi connectivity index (χ4v) is 3.59. The summed E-state index contributed by atoms with van der Waals surface area (Å²) >= 11 is 0. The molecule has 0 bridgehead atoms. The molecule has 1 aliphatic heterocycles. The van der Waals surface area contributed by atoms with Crippen molar-refractivity contribution in [2.75, 3.05) is 56.2 Å². The highest BCUT2D eigenvalue weighted by atomic mass is 16.5. The van der Waals surface area contributed by atoms with E-state index in [1.165, 1.54) is 5.69 Å². The monoisotopic (exact) mass is 367 g/mol. The maximum absolute atomic E-state index is 12.7. The van der Waals surface area contributed by atoms with Gasteiger partial charge in [-0.3, -0.25) is 4.79 Å². The molecule has 1 amide bonds. The van der Waals surface area contributed by atoms with Crippen LogP contribution in [0.25, 0.3) is 0 Å². The summed E-state index contributed by atoms with van der Waals surface area (Å²) in [5.74, 6) is 1.13. The minimum Gasteiger partial charge on any atom is -0.495 e. The number of anilines is 2. The van der Waals surface area contributed by atoms with Crippen LogP contribution in [-0.2, 0) is 4.79 Å². The number of hydrogen-bond acceptors (Lipinski definition) is 4. The molecule has 0 spiro atoms. The summed E-state index contributed by atoms with van der Waals surface area (Å²) in [5, 5.41) is 0. The third-order valence-corrected chi connectivity index (χ3v) is 5.16. The van der Waals surface area contributed by atoms with E-state index < -0.39 is 0 Å². The number of methoxy groups -OCH3 is 1. The number of rotatable bonds is 7. The highest BCUT2D eigenvalue weighted by Gasteiger charge is 2.23. The molecule has 2 aromatic carbocycles. The van der Waals surface area contributed by atoms with E-state index in [0.717, 1.165) is 50.7 Å². The summed E-state index contributed by atoms with van der Waals surface area (Å²) in [7, 11) is 1.70. The summed E-state index contributed by atoms with van der Waals surface area (Å²) in [4.78, 5) is 19.2. The van der Waals surface area contributed by atoms with E-state index in [2.05, 4.69) is 34.9 Å². The van der Waals surface area contributed by atoms with Crippen LogP contribution in [0.15, 0.2) is 54.6 Å². The zero-order valence-electron chi connectivity index (χ0n) is 16.3. The van der Waals surface area contributed by atoms with E-state index >= 15 is 0 Å². The molecular weight excluding hydrogens is 338 g/mol. The van der Waals surface area contributed by atoms with Gasteiger partial charge < -0.3 is 19.4 Å². The van der Waals surface area contributed by atoms with Gasteiger partial charge >= 0.3 is 0 Å². The van der Waals surface area contributed by atoms with E-state index in [9.17, 15) is 4.79 Å². The van der Waals surface area contributed by atoms with Crippen molar-refractivity contribution in [1.29, 1.82) is 0 Å². The zero-order chi connectivity index (χ0) is 19.1. The van der Waals surface area contributed by atoms with Gasteiger partial charge in [-0.2, -0.15) is 0 Å². The Kier molecular flexibility index (Phi) is 6.58. The Bertz CT molecular complexity index is 727. The van der Waals surface area contributed by atoms with Crippen LogP contribution in [0.2, 0.25) is 0 Å². The van der Waals surface area contributed by atoms with Crippen molar-refractivity contribution in [2.45, 2.75) is 13.3 Å². The lowest BCUT2D eigenvalue weighted by Crippen LogP contribution is -2.49. The number of piperazine rings is 1. The molecule has 1 saturated heterocycles. The first kappa shape index (κ1) is 19.1. The van der Waals surface area contributed by atoms with E-state index in [1.54, 1.807) is 7.11 Å². The van der Waals surface area contributed by atoms with Crippen molar-refractivity contribution in [3.8, 4) is 5.75 Å². The van der Waals surface area contributed by atoms with E-state index in [4.69, 9.17) is 4.74 Å². The quantitative estimate of drug-likeness (QED) is 0.753. The van der Waals surface area contributed by atoms with Gasteiger partial charge in [-0.15, -0.1) is 0 Å². The molecule has 0 radical (unpaired) electrons. The average molecular weight is 367 g/mol. The fourth-order valence-electron chi connectivity index (χ4n) is 3.59.